The zero-order valence-corrected chi connectivity index (χ0v) is 16.0. The molecule has 2 aliphatic rings. The molecule has 2 aliphatic heterocycles. The lowest BCUT2D eigenvalue weighted by Gasteiger charge is -2.36. The summed E-state index contributed by atoms with van der Waals surface area (Å²) >= 11 is 6.17. The Morgan fingerprint density at radius 3 is 2.81 bits per heavy atom. The summed E-state index contributed by atoms with van der Waals surface area (Å²) in [5, 5.41) is 4.05. The highest BCUT2D eigenvalue weighted by Crippen LogP contribution is 2.26. The Balaban J connectivity index is 1.58. The van der Waals surface area contributed by atoms with Gasteiger partial charge in [0, 0.05) is 43.9 Å². The number of piperazine rings is 1. The molecule has 0 spiro atoms. The third kappa shape index (κ3) is 4.06. The molecule has 2 fully saturated rings. The van der Waals surface area contributed by atoms with Gasteiger partial charge in [-0.05, 0) is 43.0 Å². The molecule has 0 aliphatic carbocycles. The molecule has 6 nitrogen and oxygen atoms in total. The van der Waals surface area contributed by atoms with E-state index in [1.165, 1.54) is 6.42 Å². The predicted octanol–water partition coefficient (Wildman–Crippen LogP) is 2.91. The lowest BCUT2D eigenvalue weighted by atomic mass is 10.0. The molecule has 27 heavy (non-hydrogen) atoms. The van der Waals surface area contributed by atoms with Gasteiger partial charge >= 0.3 is 0 Å². The molecule has 2 saturated heterocycles. The van der Waals surface area contributed by atoms with Crippen molar-refractivity contribution in [2.45, 2.75) is 25.3 Å². The van der Waals surface area contributed by atoms with Gasteiger partial charge in [0.25, 0.3) is 5.91 Å². The number of nitrogens with one attached hydrogen (secondary N) is 1. The van der Waals surface area contributed by atoms with Crippen LogP contribution in [0.3, 0.4) is 0 Å². The summed E-state index contributed by atoms with van der Waals surface area (Å²) in [6.07, 6.45) is 5.24. The van der Waals surface area contributed by atoms with Crippen molar-refractivity contribution in [1.82, 2.24) is 20.2 Å². The van der Waals surface area contributed by atoms with Crippen LogP contribution in [0.25, 0.3) is 0 Å². The monoisotopic (exact) mass is 385 g/mol. The van der Waals surface area contributed by atoms with Crippen molar-refractivity contribution in [3.05, 3.63) is 52.8 Å². The maximum absolute atomic E-state index is 13.3. The lowest BCUT2D eigenvalue weighted by molar-refractivity contribution is 0.0628. The van der Waals surface area contributed by atoms with E-state index in [1.54, 1.807) is 12.3 Å². The maximum atomic E-state index is 13.3. The van der Waals surface area contributed by atoms with Gasteiger partial charge in [-0.15, -0.1) is 0 Å². The zero-order valence-electron chi connectivity index (χ0n) is 15.3. The van der Waals surface area contributed by atoms with Gasteiger partial charge < -0.3 is 15.1 Å². The van der Waals surface area contributed by atoms with Gasteiger partial charge in [-0.25, -0.2) is 9.97 Å². The molecule has 0 bridgehead atoms. The molecule has 1 aromatic heterocycles. The molecule has 1 unspecified atom stereocenters. The molecule has 0 saturated carbocycles. The van der Waals surface area contributed by atoms with Crippen LogP contribution in [-0.2, 0) is 0 Å². The van der Waals surface area contributed by atoms with E-state index in [9.17, 15) is 4.79 Å². The van der Waals surface area contributed by atoms with E-state index >= 15 is 0 Å². The van der Waals surface area contributed by atoms with E-state index in [1.807, 2.05) is 29.2 Å². The number of aromatic nitrogens is 2. The van der Waals surface area contributed by atoms with Crippen LogP contribution in [0, 0.1) is 0 Å². The highest BCUT2D eigenvalue weighted by Gasteiger charge is 2.30. The number of amides is 1. The average molecular weight is 386 g/mol. The Kier molecular flexibility index (Phi) is 5.55. The van der Waals surface area contributed by atoms with E-state index in [4.69, 9.17) is 11.6 Å². The van der Waals surface area contributed by atoms with Gasteiger partial charge in [-0.1, -0.05) is 23.7 Å². The zero-order chi connectivity index (χ0) is 18.6. The summed E-state index contributed by atoms with van der Waals surface area (Å²) in [5.74, 6) is 0.608. The number of halogens is 1. The Morgan fingerprint density at radius 1 is 1.15 bits per heavy atom. The fourth-order valence-electron chi connectivity index (χ4n) is 3.82. The molecule has 3 heterocycles. The first-order chi connectivity index (χ1) is 13.2. The first-order valence-corrected chi connectivity index (χ1v) is 9.95. The van der Waals surface area contributed by atoms with Crippen molar-refractivity contribution >= 4 is 23.5 Å². The molecule has 1 amide bonds. The topological polar surface area (TPSA) is 61.4 Å². The van der Waals surface area contributed by atoms with E-state index < -0.39 is 0 Å². The minimum atomic E-state index is -0.0571. The molecule has 2 aromatic rings. The highest BCUT2D eigenvalue weighted by molar-refractivity contribution is 6.30. The summed E-state index contributed by atoms with van der Waals surface area (Å²) in [4.78, 5) is 26.3. The van der Waals surface area contributed by atoms with Crippen LogP contribution in [0.15, 0.2) is 36.5 Å². The number of anilines is 1. The van der Waals surface area contributed by atoms with E-state index in [-0.39, 0.29) is 11.9 Å². The summed E-state index contributed by atoms with van der Waals surface area (Å²) in [7, 11) is 0. The molecule has 4 rings (SSSR count). The molecule has 0 radical (unpaired) electrons. The smallest absolute Gasteiger partial charge is 0.273 e. The number of hydrogen-bond acceptors (Lipinski definition) is 5. The summed E-state index contributed by atoms with van der Waals surface area (Å²) in [6, 6.07) is 9.38. The van der Waals surface area contributed by atoms with Crippen molar-refractivity contribution in [3.8, 4) is 0 Å². The lowest BCUT2D eigenvalue weighted by Crippen LogP contribution is -2.49. The minimum Gasteiger partial charge on any atom is -0.341 e. The predicted molar refractivity (Wildman–Crippen MR) is 106 cm³/mol. The number of rotatable bonds is 3. The largest absolute Gasteiger partial charge is 0.341 e. The maximum Gasteiger partial charge on any atom is 0.273 e. The second-order valence-corrected chi connectivity index (χ2v) is 7.50. The molecule has 1 atom stereocenters. The molecule has 1 N–H and O–H groups in total. The SMILES string of the molecule is O=C(c1ccnc(N2CCCCC2)n1)N1CCNCC1c1cccc(Cl)c1. The number of carbonyl (C=O) groups is 1. The van der Waals surface area contributed by atoms with Crippen LogP contribution in [0.2, 0.25) is 5.02 Å². The molecular weight excluding hydrogens is 362 g/mol. The first-order valence-electron chi connectivity index (χ1n) is 9.57. The Labute approximate surface area is 164 Å². The quantitative estimate of drug-likeness (QED) is 0.880. The third-order valence-corrected chi connectivity index (χ3v) is 5.47. The molecule has 1 aromatic carbocycles. The van der Waals surface area contributed by atoms with Gasteiger partial charge in [0.2, 0.25) is 5.95 Å². The first kappa shape index (κ1) is 18.2. The second kappa shape index (κ2) is 8.23. The van der Waals surface area contributed by atoms with E-state index in [0.29, 0.717) is 29.8 Å². The summed E-state index contributed by atoms with van der Waals surface area (Å²) < 4.78 is 0. The number of carbonyl (C=O) groups excluding carboxylic acids is 1. The number of hydrogen-bond donors (Lipinski definition) is 1. The average Bonchev–Trinajstić information content (AvgIpc) is 2.74. The van der Waals surface area contributed by atoms with Crippen LogP contribution in [-0.4, -0.2) is 53.5 Å². The fraction of sp³-hybridized carbons (Fsp3) is 0.450. The van der Waals surface area contributed by atoms with Gasteiger partial charge in [-0.2, -0.15) is 0 Å². The van der Waals surface area contributed by atoms with E-state index in [0.717, 1.165) is 38.0 Å². The normalized spacial score (nSPS) is 20.6. The Morgan fingerprint density at radius 2 is 2.00 bits per heavy atom. The van der Waals surface area contributed by atoms with Gasteiger partial charge in [0.1, 0.15) is 5.69 Å². The standard InChI is InChI=1S/C20H24ClN5O/c21-16-6-4-5-15(13-16)18-14-22-9-12-26(18)19(27)17-7-8-23-20(24-17)25-10-2-1-3-11-25/h4-8,13,18,22H,1-3,9-12,14H2. The van der Waals surface area contributed by atoms with E-state index in [2.05, 4.69) is 20.2 Å². The van der Waals surface area contributed by atoms with Crippen LogP contribution in [0.1, 0.15) is 41.4 Å². The second-order valence-electron chi connectivity index (χ2n) is 7.06. The van der Waals surface area contributed by atoms with Gasteiger partial charge in [-0.3, -0.25) is 4.79 Å². The van der Waals surface area contributed by atoms with Gasteiger partial charge in [0.05, 0.1) is 6.04 Å². The van der Waals surface area contributed by atoms with Crippen molar-refractivity contribution in [1.29, 1.82) is 0 Å². The van der Waals surface area contributed by atoms with Crippen molar-refractivity contribution in [2.24, 2.45) is 0 Å². The summed E-state index contributed by atoms with van der Waals surface area (Å²) in [5.41, 5.74) is 1.49. The van der Waals surface area contributed by atoms with Crippen molar-refractivity contribution in [2.75, 3.05) is 37.6 Å². The molecule has 142 valence electrons. The molecular formula is C20H24ClN5O. The van der Waals surface area contributed by atoms with Gasteiger partial charge in [0.15, 0.2) is 0 Å². The van der Waals surface area contributed by atoms with Crippen LogP contribution in [0.5, 0.6) is 0 Å². The molecule has 7 heteroatoms. The van der Waals surface area contributed by atoms with Crippen molar-refractivity contribution in [3.63, 3.8) is 0 Å². The summed E-state index contributed by atoms with van der Waals surface area (Å²) in [6.45, 7) is 4.02. The van der Waals surface area contributed by atoms with Crippen LogP contribution < -0.4 is 10.2 Å². The van der Waals surface area contributed by atoms with Crippen LogP contribution >= 0.6 is 11.6 Å². The minimum absolute atomic E-state index is 0.0536. The Bertz CT molecular complexity index is 808. The highest BCUT2D eigenvalue weighted by atomic mass is 35.5. The number of piperidine rings is 1. The number of nitrogens with zero attached hydrogens (tertiary/aromatic N) is 4. The van der Waals surface area contributed by atoms with Crippen LogP contribution in [0.4, 0.5) is 5.95 Å². The Hall–Kier alpha value is -2.18. The third-order valence-electron chi connectivity index (χ3n) is 5.24. The number of benzene rings is 1. The fourth-order valence-corrected chi connectivity index (χ4v) is 4.02. The van der Waals surface area contributed by atoms with Crippen molar-refractivity contribution < 1.29 is 4.79 Å².